The van der Waals surface area contributed by atoms with Crippen molar-refractivity contribution in [1.29, 1.82) is 0 Å². The number of rotatable bonds is 39. The topological polar surface area (TPSA) is 276 Å². The van der Waals surface area contributed by atoms with Gasteiger partial charge in [0.15, 0.2) is 6.10 Å². The van der Waals surface area contributed by atoms with Crippen LogP contribution in [0.3, 0.4) is 0 Å². The summed E-state index contributed by atoms with van der Waals surface area (Å²) in [5.41, 5.74) is 0. The monoisotopic (exact) mass is 1030 g/mol. The number of carbonyl (C=O) groups excluding carboxylic acids is 2. The van der Waals surface area contributed by atoms with Gasteiger partial charge in [-0.15, -0.1) is 0 Å². The van der Waals surface area contributed by atoms with Crippen LogP contribution in [-0.2, 0) is 41.8 Å². The summed E-state index contributed by atoms with van der Waals surface area (Å²) in [4.78, 5) is 54.3. The second kappa shape index (κ2) is 40.1. The van der Waals surface area contributed by atoms with Gasteiger partial charge in [0.2, 0.25) is 0 Å². The molecule has 19 heteroatoms. The molecule has 0 amide bonds. The van der Waals surface area contributed by atoms with E-state index in [9.17, 15) is 58.9 Å². The maximum atomic E-state index is 13.0. The molecule has 1 aliphatic carbocycles. The fourth-order valence-corrected chi connectivity index (χ4v) is 8.09. The SMILES string of the molecule is CCCCC/C=C\C/C=C\C/C=C\C/C=C\C/C=C\CCC(=O)O[C@H](COC(=O)CCC/C=C\C/C=C\C/C=C\C/C=C\CCC[C@@H](C)O)COP(=O)(O)O[C@H]1C(O)C(O)C(O)[C@@H](OP(=O)(O)O)C1O. The summed E-state index contributed by atoms with van der Waals surface area (Å²) in [6.45, 7) is 2.51. The van der Waals surface area contributed by atoms with Gasteiger partial charge in [0.05, 0.1) is 12.7 Å². The zero-order valence-corrected chi connectivity index (χ0v) is 42.8. The Morgan fingerprint density at radius 2 is 0.943 bits per heavy atom. The summed E-state index contributed by atoms with van der Waals surface area (Å²) in [5.74, 6) is -1.40. The van der Waals surface area contributed by atoms with Crippen molar-refractivity contribution in [1.82, 2.24) is 0 Å². The first-order valence-corrected chi connectivity index (χ1v) is 27.5. The normalized spacial score (nSPS) is 22.4. The number of carbonyl (C=O) groups is 2. The quantitative estimate of drug-likeness (QED) is 0.0124. The van der Waals surface area contributed by atoms with Crippen molar-refractivity contribution in [2.75, 3.05) is 13.2 Å². The van der Waals surface area contributed by atoms with E-state index in [4.69, 9.17) is 18.5 Å². The highest BCUT2D eigenvalue weighted by Crippen LogP contribution is 2.49. The molecule has 70 heavy (non-hydrogen) atoms. The van der Waals surface area contributed by atoms with Gasteiger partial charge in [-0.1, -0.05) is 129 Å². The third kappa shape index (κ3) is 34.9. The van der Waals surface area contributed by atoms with Crippen LogP contribution in [0.15, 0.2) is 109 Å². The molecule has 1 fully saturated rings. The van der Waals surface area contributed by atoms with Gasteiger partial charge < -0.3 is 49.7 Å². The number of allylic oxidation sites excluding steroid dienone is 18. The van der Waals surface area contributed by atoms with Crippen LogP contribution in [-0.4, -0.2) is 114 Å². The number of hydrogen-bond donors (Lipinski definition) is 8. The molecule has 0 saturated heterocycles. The van der Waals surface area contributed by atoms with Crippen molar-refractivity contribution in [2.24, 2.45) is 0 Å². The Balaban J connectivity index is 2.68. The highest BCUT2D eigenvalue weighted by Gasteiger charge is 2.54. The molecule has 0 radical (unpaired) electrons. The first-order valence-electron chi connectivity index (χ1n) is 24.5. The molecule has 9 atom stereocenters. The molecule has 0 bridgehead atoms. The molecule has 0 spiro atoms. The molecule has 5 unspecified atom stereocenters. The van der Waals surface area contributed by atoms with Gasteiger partial charge in [-0.05, 0) is 103 Å². The first-order chi connectivity index (χ1) is 33.5. The Morgan fingerprint density at radius 3 is 1.40 bits per heavy atom. The Kier molecular flexibility index (Phi) is 37.1. The summed E-state index contributed by atoms with van der Waals surface area (Å²) >= 11 is 0. The van der Waals surface area contributed by atoms with Crippen LogP contribution >= 0.6 is 15.6 Å². The van der Waals surface area contributed by atoms with E-state index in [2.05, 4.69) is 78.3 Å². The highest BCUT2D eigenvalue weighted by atomic mass is 31.2. The van der Waals surface area contributed by atoms with Crippen molar-refractivity contribution in [3.63, 3.8) is 0 Å². The summed E-state index contributed by atoms with van der Waals surface area (Å²) in [6.07, 6.45) is 36.2. The lowest BCUT2D eigenvalue weighted by atomic mass is 9.85. The number of phosphoric ester groups is 2. The largest absolute Gasteiger partial charge is 0.472 e. The summed E-state index contributed by atoms with van der Waals surface area (Å²) in [7, 11) is -10.7. The average Bonchev–Trinajstić information content (AvgIpc) is 3.30. The maximum Gasteiger partial charge on any atom is 0.472 e. The first kappa shape index (κ1) is 64.6. The molecule has 0 aromatic rings. The van der Waals surface area contributed by atoms with Gasteiger partial charge in [0.1, 0.15) is 43.2 Å². The number of phosphoric acid groups is 2. The van der Waals surface area contributed by atoms with E-state index in [-0.39, 0.29) is 25.4 Å². The Bertz CT molecular complexity index is 1780. The standard InChI is InChI=1S/C51H82O17P2/c1-3-4-5-6-7-8-9-10-11-12-13-14-17-21-24-27-30-33-36-39-45(54)66-43(41-65-70(62,63)68-51-48(57)46(55)47(56)50(49(51)58)67-69(59,60)61)40-64-44(53)38-35-32-29-26-23-20-18-15-16-19-22-25-28-31-34-37-42(2)52/h7-8,10-11,13-14,16,18-21,24-26,28-30,33,42-43,46-52,55-58H,3-6,9,12,15,17,22-23,27,31-32,34-41H2,1-2H3,(H,62,63)(H2,59,60,61)/b8-7-,11-10-,14-13-,19-16-,20-18-,24-21-,28-25-,29-26-,33-30-/t42-,43-,46?,47?,48?,49?,50-,51+/m1/s1. The Hall–Kier alpha value is -3.38. The number of aliphatic hydroxyl groups excluding tert-OH is 5. The van der Waals surface area contributed by atoms with Crippen molar-refractivity contribution < 1.29 is 82.0 Å². The van der Waals surface area contributed by atoms with E-state index in [1.165, 1.54) is 19.3 Å². The van der Waals surface area contributed by atoms with Gasteiger partial charge in [-0.25, -0.2) is 9.13 Å². The van der Waals surface area contributed by atoms with Crippen LogP contribution in [0.2, 0.25) is 0 Å². The van der Waals surface area contributed by atoms with Crippen molar-refractivity contribution >= 4 is 27.6 Å². The molecule has 0 aromatic heterocycles. The molecular formula is C51H82O17P2. The zero-order valence-electron chi connectivity index (χ0n) is 41.0. The lowest BCUT2D eigenvalue weighted by Gasteiger charge is -2.43. The number of unbranched alkanes of at least 4 members (excludes halogenated alkanes) is 5. The second-order valence-corrected chi connectivity index (χ2v) is 19.3. The van der Waals surface area contributed by atoms with Gasteiger partial charge in [-0.2, -0.15) is 0 Å². The minimum absolute atomic E-state index is 0.0107. The van der Waals surface area contributed by atoms with Crippen molar-refractivity contribution in [3.05, 3.63) is 109 Å². The number of hydrogen-bond acceptors (Lipinski definition) is 14. The molecule has 8 N–H and O–H groups in total. The van der Waals surface area contributed by atoms with Gasteiger partial charge in [0.25, 0.3) is 0 Å². The molecule has 0 aliphatic heterocycles. The molecule has 0 heterocycles. The fourth-order valence-electron chi connectivity index (χ4n) is 6.55. The molecule has 0 aromatic carbocycles. The van der Waals surface area contributed by atoms with Crippen LogP contribution in [0.5, 0.6) is 0 Å². The third-order valence-corrected chi connectivity index (χ3v) is 11.9. The smallest absolute Gasteiger partial charge is 0.462 e. The van der Waals surface area contributed by atoms with Crippen LogP contribution < -0.4 is 0 Å². The van der Waals surface area contributed by atoms with E-state index < -0.39 is 83.5 Å². The molecule has 398 valence electrons. The van der Waals surface area contributed by atoms with Crippen LogP contribution in [0.25, 0.3) is 0 Å². The molecule has 17 nitrogen and oxygen atoms in total. The molecular weight excluding hydrogens is 946 g/mol. The van der Waals surface area contributed by atoms with E-state index >= 15 is 0 Å². The predicted molar refractivity (Wildman–Crippen MR) is 270 cm³/mol. The fraction of sp³-hybridized carbons (Fsp3) is 0.608. The summed E-state index contributed by atoms with van der Waals surface area (Å²) < 4.78 is 49.2. The lowest BCUT2D eigenvalue weighted by Crippen LogP contribution is -2.64. The van der Waals surface area contributed by atoms with Gasteiger partial charge in [-0.3, -0.25) is 23.2 Å². The third-order valence-electron chi connectivity index (χ3n) is 10.4. The van der Waals surface area contributed by atoms with E-state index in [0.717, 1.165) is 64.2 Å². The minimum atomic E-state index is -5.39. The van der Waals surface area contributed by atoms with Crippen LogP contribution in [0.1, 0.15) is 136 Å². The lowest BCUT2D eigenvalue weighted by molar-refractivity contribution is -0.216. The summed E-state index contributed by atoms with van der Waals surface area (Å²) in [5, 5.41) is 50.5. The minimum Gasteiger partial charge on any atom is -0.462 e. The van der Waals surface area contributed by atoms with Gasteiger partial charge >= 0.3 is 27.6 Å². The highest BCUT2D eigenvalue weighted by molar-refractivity contribution is 7.47. The van der Waals surface area contributed by atoms with Crippen LogP contribution in [0, 0.1) is 0 Å². The Labute approximate surface area is 415 Å². The van der Waals surface area contributed by atoms with Gasteiger partial charge in [0, 0.05) is 12.8 Å². The summed E-state index contributed by atoms with van der Waals surface area (Å²) in [6, 6.07) is 0. The van der Waals surface area contributed by atoms with E-state index in [0.29, 0.717) is 19.3 Å². The predicted octanol–water partition coefficient (Wildman–Crippen LogP) is 8.70. The van der Waals surface area contributed by atoms with Crippen molar-refractivity contribution in [3.8, 4) is 0 Å². The van der Waals surface area contributed by atoms with E-state index in [1.54, 1.807) is 13.0 Å². The maximum absolute atomic E-state index is 13.0. The number of ether oxygens (including phenoxy) is 2. The Morgan fingerprint density at radius 1 is 0.514 bits per heavy atom. The number of aliphatic hydroxyl groups is 5. The van der Waals surface area contributed by atoms with E-state index in [1.807, 2.05) is 36.5 Å². The molecule has 1 rings (SSSR count). The molecule has 1 saturated carbocycles. The van der Waals surface area contributed by atoms with Crippen LogP contribution in [0.4, 0.5) is 0 Å². The zero-order chi connectivity index (χ0) is 51.9. The average molecular weight is 1030 g/mol. The molecule has 1 aliphatic rings. The number of esters is 2. The second-order valence-electron chi connectivity index (χ2n) is 16.8. The van der Waals surface area contributed by atoms with Crippen molar-refractivity contribution in [2.45, 2.75) is 185 Å².